The Labute approximate surface area is 279 Å². The first-order chi connectivity index (χ1) is 21.8. The fourth-order valence-corrected chi connectivity index (χ4v) is 6.47. The van der Waals surface area contributed by atoms with E-state index in [1.54, 1.807) is 0 Å². The molecule has 2 unspecified atom stereocenters. The highest BCUT2D eigenvalue weighted by molar-refractivity contribution is 7.85. The van der Waals surface area contributed by atoms with Crippen molar-refractivity contribution in [3.8, 4) is 0 Å². The van der Waals surface area contributed by atoms with Crippen molar-refractivity contribution in [3.63, 3.8) is 0 Å². The second-order valence-corrected chi connectivity index (χ2v) is 14.7. The summed E-state index contributed by atoms with van der Waals surface area (Å²) in [6.07, 6.45) is 40.5. The minimum absolute atomic E-state index is 0.283. The number of unbranched alkanes of at least 4 members (excludes halogenated alkanes) is 24. The Morgan fingerprint density at radius 3 is 1.33 bits per heavy atom. The molecule has 266 valence electrons. The molecule has 6 nitrogen and oxygen atoms in total. The summed E-state index contributed by atoms with van der Waals surface area (Å²) in [7, 11) is -4.33. The summed E-state index contributed by atoms with van der Waals surface area (Å²) in [5.74, 6) is -0.980. The van der Waals surface area contributed by atoms with Gasteiger partial charge in [-0.2, -0.15) is 8.42 Å². The van der Waals surface area contributed by atoms with Gasteiger partial charge in [0.15, 0.2) is 0 Å². The zero-order chi connectivity index (χ0) is 33.3. The Balaban J connectivity index is 3.74. The van der Waals surface area contributed by atoms with E-state index < -0.39 is 28.0 Å². The van der Waals surface area contributed by atoms with Gasteiger partial charge in [-0.15, -0.1) is 0 Å². The first-order valence-corrected chi connectivity index (χ1v) is 20.6. The van der Waals surface area contributed by atoms with Crippen LogP contribution in [0.1, 0.15) is 194 Å². The lowest BCUT2D eigenvalue weighted by atomic mass is 10.0. The molecule has 0 spiro atoms. The molecule has 0 aromatic rings. The molecule has 7 heteroatoms. The van der Waals surface area contributed by atoms with Crippen molar-refractivity contribution in [1.29, 1.82) is 0 Å². The molecular formula is C38H73NO5S. The van der Waals surface area contributed by atoms with Crippen molar-refractivity contribution in [3.05, 3.63) is 24.3 Å². The number of rotatable bonds is 34. The van der Waals surface area contributed by atoms with E-state index in [1.807, 2.05) is 6.08 Å². The quantitative estimate of drug-likeness (QED) is 0.0363. The highest BCUT2D eigenvalue weighted by atomic mass is 32.2. The number of hydrogen-bond acceptors (Lipinski definition) is 4. The maximum absolute atomic E-state index is 12.4. The molecule has 0 aliphatic carbocycles. The summed E-state index contributed by atoms with van der Waals surface area (Å²) < 4.78 is 32.2. The van der Waals surface area contributed by atoms with Gasteiger partial charge in [-0.1, -0.05) is 167 Å². The lowest BCUT2D eigenvalue weighted by Crippen LogP contribution is -2.46. The lowest BCUT2D eigenvalue weighted by molar-refractivity contribution is -0.122. The van der Waals surface area contributed by atoms with Crippen LogP contribution in [0.15, 0.2) is 24.3 Å². The predicted octanol–water partition coefficient (Wildman–Crippen LogP) is 10.8. The van der Waals surface area contributed by atoms with E-state index >= 15 is 0 Å². The molecule has 45 heavy (non-hydrogen) atoms. The highest BCUT2D eigenvalue weighted by Gasteiger charge is 2.24. The first kappa shape index (κ1) is 43.8. The number of allylic oxidation sites excluding steroid dienone is 3. The molecule has 0 aliphatic heterocycles. The van der Waals surface area contributed by atoms with Crippen LogP contribution < -0.4 is 5.32 Å². The fourth-order valence-electron chi connectivity index (χ4n) is 5.74. The minimum Gasteiger partial charge on any atom is -0.387 e. The first-order valence-electron chi connectivity index (χ1n) is 19.0. The molecule has 0 fully saturated rings. The molecule has 2 atom stereocenters. The Kier molecular flexibility index (Phi) is 31.9. The van der Waals surface area contributed by atoms with Crippen LogP contribution in [0.4, 0.5) is 0 Å². The largest absolute Gasteiger partial charge is 0.387 e. The molecular weight excluding hydrogens is 582 g/mol. The van der Waals surface area contributed by atoms with Crippen LogP contribution in [-0.2, 0) is 14.9 Å². The van der Waals surface area contributed by atoms with Crippen LogP contribution in [0.3, 0.4) is 0 Å². The summed E-state index contributed by atoms with van der Waals surface area (Å²) in [6.45, 7) is 4.44. The van der Waals surface area contributed by atoms with E-state index in [1.165, 1.54) is 141 Å². The van der Waals surface area contributed by atoms with E-state index in [0.29, 0.717) is 6.42 Å². The van der Waals surface area contributed by atoms with Crippen molar-refractivity contribution in [2.45, 2.75) is 206 Å². The zero-order valence-corrected chi connectivity index (χ0v) is 30.3. The summed E-state index contributed by atoms with van der Waals surface area (Å²) in [5, 5.41) is 13.1. The maximum atomic E-state index is 12.4. The molecule has 0 saturated carbocycles. The minimum atomic E-state index is -4.33. The third-order valence-electron chi connectivity index (χ3n) is 8.62. The number of aliphatic hydroxyl groups is 1. The van der Waals surface area contributed by atoms with Crippen molar-refractivity contribution < 1.29 is 22.9 Å². The zero-order valence-electron chi connectivity index (χ0n) is 29.5. The van der Waals surface area contributed by atoms with Gasteiger partial charge in [-0.25, -0.2) is 0 Å². The molecule has 3 N–H and O–H groups in total. The number of carbonyl (C=O) groups excluding carboxylic acids is 1. The van der Waals surface area contributed by atoms with E-state index in [-0.39, 0.29) is 5.91 Å². The molecule has 1 amide bonds. The van der Waals surface area contributed by atoms with Gasteiger partial charge in [0.1, 0.15) is 0 Å². The Hall–Kier alpha value is -1.18. The standard InChI is InChI=1S/C38H73NO5S/c1-3-5-7-9-11-12-13-14-15-16-17-18-19-20-21-22-23-24-25-26-28-30-32-34-38(41)39-36(35-45(42,43)44)37(40)33-31-29-27-10-8-6-4-2/h16-17,31,33,36-37,40H,3-15,18-30,32,34-35H2,1-2H3,(H,39,41)(H,42,43,44)/b17-16-,33-31+. The molecule has 0 aromatic carbocycles. The number of nitrogens with one attached hydrogen (secondary N) is 1. The van der Waals surface area contributed by atoms with Gasteiger partial charge in [-0.3, -0.25) is 9.35 Å². The number of aliphatic hydroxyl groups excluding tert-OH is 1. The van der Waals surface area contributed by atoms with Gasteiger partial charge < -0.3 is 10.4 Å². The molecule has 0 aliphatic rings. The molecule has 0 aromatic heterocycles. The van der Waals surface area contributed by atoms with Crippen molar-refractivity contribution in [2.75, 3.05) is 5.75 Å². The lowest BCUT2D eigenvalue weighted by Gasteiger charge is -2.21. The predicted molar refractivity (Wildman–Crippen MR) is 193 cm³/mol. The van der Waals surface area contributed by atoms with Crippen LogP contribution in [0.25, 0.3) is 0 Å². The van der Waals surface area contributed by atoms with Crippen molar-refractivity contribution >= 4 is 16.0 Å². The average molecular weight is 656 g/mol. The van der Waals surface area contributed by atoms with Gasteiger partial charge >= 0.3 is 0 Å². The van der Waals surface area contributed by atoms with Crippen LogP contribution >= 0.6 is 0 Å². The average Bonchev–Trinajstić information content (AvgIpc) is 3.00. The molecule has 0 rings (SSSR count). The van der Waals surface area contributed by atoms with Crippen molar-refractivity contribution in [2.24, 2.45) is 0 Å². The molecule has 0 bridgehead atoms. The second kappa shape index (κ2) is 32.7. The van der Waals surface area contributed by atoms with Crippen molar-refractivity contribution in [1.82, 2.24) is 5.32 Å². The molecule has 0 heterocycles. The number of carbonyl (C=O) groups is 1. The Morgan fingerprint density at radius 2 is 0.933 bits per heavy atom. The third-order valence-corrected chi connectivity index (χ3v) is 9.40. The van der Waals surface area contributed by atoms with E-state index in [0.717, 1.165) is 38.5 Å². The normalized spacial score (nSPS) is 13.6. The van der Waals surface area contributed by atoms with E-state index in [4.69, 9.17) is 0 Å². The van der Waals surface area contributed by atoms with Crippen LogP contribution in [0.5, 0.6) is 0 Å². The van der Waals surface area contributed by atoms with Gasteiger partial charge in [0.25, 0.3) is 10.1 Å². The van der Waals surface area contributed by atoms with Gasteiger partial charge in [0.05, 0.1) is 17.9 Å². The summed E-state index contributed by atoms with van der Waals surface area (Å²) in [5.41, 5.74) is 0. The van der Waals surface area contributed by atoms with E-state index in [9.17, 15) is 22.9 Å². The maximum Gasteiger partial charge on any atom is 0.267 e. The summed E-state index contributed by atoms with van der Waals surface area (Å²) >= 11 is 0. The van der Waals surface area contributed by atoms with E-state index in [2.05, 4.69) is 31.3 Å². The Morgan fingerprint density at radius 1 is 0.578 bits per heavy atom. The van der Waals surface area contributed by atoms with Gasteiger partial charge in [-0.05, 0) is 44.9 Å². The van der Waals surface area contributed by atoms with Gasteiger partial charge in [0, 0.05) is 6.42 Å². The molecule has 0 saturated heterocycles. The van der Waals surface area contributed by atoms with Crippen LogP contribution in [0, 0.1) is 0 Å². The number of amides is 1. The Bertz CT molecular complexity index is 811. The topological polar surface area (TPSA) is 104 Å². The SMILES string of the molecule is CCCCCCC/C=C/C(O)C(CS(=O)(=O)O)NC(=O)CCCCCCCCCCCCC/C=C\CCCCCCCCCC. The van der Waals surface area contributed by atoms with Gasteiger partial charge in [0.2, 0.25) is 5.91 Å². The molecule has 0 radical (unpaired) electrons. The third kappa shape index (κ3) is 34.0. The van der Waals surface area contributed by atoms with Crippen LogP contribution in [-0.4, -0.2) is 41.9 Å². The highest BCUT2D eigenvalue weighted by Crippen LogP contribution is 2.14. The van der Waals surface area contributed by atoms with Crippen LogP contribution in [0.2, 0.25) is 0 Å². The smallest absolute Gasteiger partial charge is 0.267 e. The fraction of sp³-hybridized carbons (Fsp3) is 0.868. The number of hydrogen-bond donors (Lipinski definition) is 3. The summed E-state index contributed by atoms with van der Waals surface area (Å²) in [6, 6.07) is -1.05. The monoisotopic (exact) mass is 656 g/mol. The second-order valence-electron chi connectivity index (χ2n) is 13.2. The summed E-state index contributed by atoms with van der Waals surface area (Å²) in [4.78, 5) is 12.4.